The van der Waals surface area contributed by atoms with Crippen LogP contribution in [0.4, 0.5) is 5.69 Å². The average molecular weight is 235 g/mol. The van der Waals surface area contributed by atoms with E-state index in [0.717, 1.165) is 17.2 Å². The second-order valence-corrected chi connectivity index (χ2v) is 3.76. The van der Waals surface area contributed by atoms with Gasteiger partial charge in [-0.1, -0.05) is 11.6 Å². The number of anilines is 1. The molecule has 0 radical (unpaired) electrons. The highest BCUT2D eigenvalue weighted by atomic mass is 35.5. The summed E-state index contributed by atoms with van der Waals surface area (Å²) in [6.45, 7) is 1.89. The van der Waals surface area contributed by atoms with Crippen LogP contribution < -0.4 is 5.43 Å². The molecule has 16 heavy (non-hydrogen) atoms. The fourth-order valence-corrected chi connectivity index (χ4v) is 1.34. The molecule has 2 rings (SSSR count). The van der Waals surface area contributed by atoms with E-state index in [1.165, 1.54) is 0 Å². The van der Waals surface area contributed by atoms with E-state index < -0.39 is 0 Å². The van der Waals surface area contributed by atoms with E-state index in [-0.39, 0.29) is 0 Å². The van der Waals surface area contributed by atoms with Gasteiger partial charge in [-0.2, -0.15) is 5.10 Å². The molecule has 0 amide bonds. The van der Waals surface area contributed by atoms with Gasteiger partial charge in [0.05, 0.1) is 11.9 Å². The summed E-state index contributed by atoms with van der Waals surface area (Å²) < 4.78 is 5.33. The Bertz CT molecular complexity index is 488. The lowest BCUT2D eigenvalue weighted by atomic mass is 10.3. The number of rotatable bonds is 3. The Labute approximate surface area is 98.7 Å². The van der Waals surface area contributed by atoms with E-state index in [2.05, 4.69) is 10.5 Å². The number of furan rings is 1. The number of hydrogen-bond donors (Lipinski definition) is 1. The number of aryl methyl sites for hydroxylation is 1. The van der Waals surface area contributed by atoms with Crippen molar-refractivity contribution >= 4 is 23.5 Å². The molecular formula is C12H11ClN2O. The van der Waals surface area contributed by atoms with Crippen LogP contribution in [0.25, 0.3) is 0 Å². The molecule has 82 valence electrons. The first kappa shape index (κ1) is 10.8. The lowest BCUT2D eigenvalue weighted by Crippen LogP contribution is -1.88. The zero-order valence-corrected chi connectivity index (χ0v) is 9.53. The first-order chi connectivity index (χ1) is 7.74. The van der Waals surface area contributed by atoms with Crippen LogP contribution in [-0.4, -0.2) is 6.21 Å². The summed E-state index contributed by atoms with van der Waals surface area (Å²) in [4.78, 5) is 0. The van der Waals surface area contributed by atoms with E-state index in [0.29, 0.717) is 5.02 Å². The predicted molar refractivity (Wildman–Crippen MR) is 66.1 cm³/mol. The largest absolute Gasteiger partial charge is 0.460 e. The monoisotopic (exact) mass is 234 g/mol. The molecule has 0 fully saturated rings. The van der Waals surface area contributed by atoms with Gasteiger partial charge in [-0.05, 0) is 43.3 Å². The lowest BCUT2D eigenvalue weighted by molar-refractivity contribution is 0.528. The molecule has 1 aromatic heterocycles. The highest BCUT2D eigenvalue weighted by molar-refractivity contribution is 6.30. The van der Waals surface area contributed by atoms with Crippen LogP contribution in [0.1, 0.15) is 11.5 Å². The van der Waals surface area contributed by atoms with Crippen molar-refractivity contribution in [2.45, 2.75) is 6.92 Å². The number of benzene rings is 1. The average Bonchev–Trinajstić information content (AvgIpc) is 2.67. The molecule has 2 aromatic rings. The summed E-state index contributed by atoms with van der Waals surface area (Å²) in [5.74, 6) is 1.59. The maximum atomic E-state index is 5.76. The highest BCUT2D eigenvalue weighted by Crippen LogP contribution is 2.13. The molecule has 4 heteroatoms. The molecule has 1 N–H and O–H groups in total. The zero-order valence-electron chi connectivity index (χ0n) is 8.77. The fraction of sp³-hybridized carbons (Fsp3) is 0.0833. The topological polar surface area (TPSA) is 37.5 Å². The maximum absolute atomic E-state index is 5.76. The van der Waals surface area contributed by atoms with Crippen LogP contribution in [0.5, 0.6) is 0 Å². The zero-order chi connectivity index (χ0) is 11.4. The van der Waals surface area contributed by atoms with Gasteiger partial charge in [0.1, 0.15) is 11.5 Å². The molecule has 0 bridgehead atoms. The van der Waals surface area contributed by atoms with Crippen LogP contribution in [-0.2, 0) is 0 Å². The Hall–Kier alpha value is -1.74. The van der Waals surface area contributed by atoms with Crippen molar-refractivity contribution < 1.29 is 4.42 Å². The van der Waals surface area contributed by atoms with Crippen molar-refractivity contribution in [2.24, 2.45) is 5.10 Å². The smallest absolute Gasteiger partial charge is 0.147 e. The second kappa shape index (κ2) is 4.86. The van der Waals surface area contributed by atoms with Gasteiger partial charge in [0.25, 0.3) is 0 Å². The lowest BCUT2D eigenvalue weighted by Gasteiger charge is -1.98. The predicted octanol–water partition coefficient (Wildman–Crippen LogP) is 3.69. The quantitative estimate of drug-likeness (QED) is 0.650. The van der Waals surface area contributed by atoms with Gasteiger partial charge in [0.15, 0.2) is 0 Å². The standard InChI is InChI=1S/C12H11ClN2O/c1-9-2-7-12(16-9)8-14-15-11-5-3-10(13)4-6-11/h2-8,15H,1H3/b14-8+. The minimum absolute atomic E-state index is 0.705. The van der Waals surface area contributed by atoms with E-state index in [9.17, 15) is 0 Å². The van der Waals surface area contributed by atoms with Crippen molar-refractivity contribution in [1.29, 1.82) is 0 Å². The molecule has 1 aromatic carbocycles. The van der Waals surface area contributed by atoms with E-state index in [1.807, 2.05) is 31.2 Å². The number of hydrazone groups is 1. The Kier molecular flexibility index (Phi) is 3.27. The summed E-state index contributed by atoms with van der Waals surface area (Å²) in [7, 11) is 0. The molecule has 1 heterocycles. The van der Waals surface area contributed by atoms with Crippen LogP contribution in [0.15, 0.2) is 45.9 Å². The minimum Gasteiger partial charge on any atom is -0.460 e. The molecule has 0 atom stereocenters. The first-order valence-corrected chi connectivity index (χ1v) is 5.23. The third-order valence-electron chi connectivity index (χ3n) is 1.99. The third kappa shape index (κ3) is 2.87. The molecule has 3 nitrogen and oxygen atoms in total. The van der Waals surface area contributed by atoms with Crippen molar-refractivity contribution in [2.75, 3.05) is 5.43 Å². The Morgan fingerprint density at radius 1 is 1.19 bits per heavy atom. The number of hydrogen-bond acceptors (Lipinski definition) is 3. The second-order valence-electron chi connectivity index (χ2n) is 3.33. The third-order valence-corrected chi connectivity index (χ3v) is 2.24. The Morgan fingerprint density at radius 2 is 1.94 bits per heavy atom. The maximum Gasteiger partial charge on any atom is 0.147 e. The van der Waals surface area contributed by atoms with Gasteiger partial charge in [-0.3, -0.25) is 5.43 Å². The minimum atomic E-state index is 0.705. The van der Waals surface area contributed by atoms with Gasteiger partial charge in [0, 0.05) is 5.02 Å². The van der Waals surface area contributed by atoms with E-state index in [4.69, 9.17) is 16.0 Å². The van der Waals surface area contributed by atoms with Crippen molar-refractivity contribution in [3.05, 3.63) is 52.9 Å². The molecular weight excluding hydrogens is 224 g/mol. The van der Waals surface area contributed by atoms with Crippen molar-refractivity contribution in [1.82, 2.24) is 0 Å². The van der Waals surface area contributed by atoms with Crippen molar-refractivity contribution in [3.8, 4) is 0 Å². The SMILES string of the molecule is Cc1ccc(/C=N/Nc2ccc(Cl)cc2)o1. The van der Waals surface area contributed by atoms with Crippen LogP contribution in [0.3, 0.4) is 0 Å². The molecule has 0 aliphatic carbocycles. The van der Waals surface area contributed by atoms with Gasteiger partial charge in [0.2, 0.25) is 0 Å². The summed E-state index contributed by atoms with van der Waals surface area (Å²) in [6.07, 6.45) is 1.63. The van der Waals surface area contributed by atoms with Gasteiger partial charge < -0.3 is 4.42 Å². The number of nitrogens with zero attached hydrogens (tertiary/aromatic N) is 1. The van der Waals surface area contributed by atoms with Gasteiger partial charge in [-0.25, -0.2) is 0 Å². The summed E-state index contributed by atoms with van der Waals surface area (Å²) in [6, 6.07) is 11.1. The first-order valence-electron chi connectivity index (χ1n) is 4.85. The number of halogens is 1. The summed E-state index contributed by atoms with van der Waals surface area (Å²) in [5, 5.41) is 4.75. The van der Waals surface area contributed by atoms with Crippen LogP contribution in [0.2, 0.25) is 5.02 Å². The summed E-state index contributed by atoms with van der Waals surface area (Å²) >= 11 is 5.76. The Morgan fingerprint density at radius 3 is 2.56 bits per heavy atom. The van der Waals surface area contributed by atoms with Gasteiger partial charge in [-0.15, -0.1) is 0 Å². The Balaban J connectivity index is 1.97. The molecule has 0 saturated heterocycles. The molecule has 0 saturated carbocycles. The fourth-order valence-electron chi connectivity index (χ4n) is 1.22. The van der Waals surface area contributed by atoms with Crippen LogP contribution in [0, 0.1) is 6.92 Å². The summed E-state index contributed by atoms with van der Waals surface area (Å²) in [5.41, 5.74) is 3.76. The van der Waals surface area contributed by atoms with Crippen LogP contribution >= 0.6 is 11.6 Å². The normalized spacial score (nSPS) is 10.9. The molecule has 0 aliphatic heterocycles. The van der Waals surface area contributed by atoms with E-state index in [1.54, 1.807) is 18.3 Å². The van der Waals surface area contributed by atoms with Gasteiger partial charge >= 0.3 is 0 Å². The highest BCUT2D eigenvalue weighted by Gasteiger charge is 1.93. The number of nitrogens with one attached hydrogen (secondary N) is 1. The molecule has 0 spiro atoms. The molecule has 0 aliphatic rings. The molecule has 0 unspecified atom stereocenters. The van der Waals surface area contributed by atoms with E-state index >= 15 is 0 Å². The van der Waals surface area contributed by atoms with Crippen molar-refractivity contribution in [3.63, 3.8) is 0 Å².